The molecule has 0 aromatic heterocycles. The molecular weight excluding hydrogens is 336 g/mol. The number of rotatable bonds is 6. The summed E-state index contributed by atoms with van der Waals surface area (Å²) in [7, 11) is 0. The van der Waals surface area contributed by atoms with Gasteiger partial charge in [-0.3, -0.25) is 4.90 Å². The SMILES string of the molecule is Clc1ccc(Br)cc1CN(CC1CC1)CC1CCCN1. The maximum Gasteiger partial charge on any atom is 0.0451 e. The highest BCUT2D eigenvalue weighted by atomic mass is 79.9. The van der Waals surface area contributed by atoms with E-state index >= 15 is 0 Å². The fraction of sp³-hybridized carbons (Fsp3) is 0.625. The molecule has 4 heteroatoms. The van der Waals surface area contributed by atoms with Gasteiger partial charge >= 0.3 is 0 Å². The summed E-state index contributed by atoms with van der Waals surface area (Å²) in [6, 6.07) is 6.82. The average Bonchev–Trinajstić information content (AvgIpc) is 3.08. The Morgan fingerprint density at radius 3 is 2.80 bits per heavy atom. The first-order valence-electron chi connectivity index (χ1n) is 7.60. The zero-order chi connectivity index (χ0) is 13.9. The zero-order valence-electron chi connectivity index (χ0n) is 11.7. The average molecular weight is 358 g/mol. The van der Waals surface area contributed by atoms with E-state index in [1.54, 1.807) is 0 Å². The largest absolute Gasteiger partial charge is 0.313 e. The first kappa shape index (κ1) is 14.8. The molecular formula is C16H22BrClN2. The Labute approximate surface area is 135 Å². The van der Waals surface area contributed by atoms with E-state index in [0.717, 1.165) is 28.5 Å². The second-order valence-corrected chi connectivity index (χ2v) is 7.49. The standard InChI is InChI=1S/C16H22BrClN2/c17-14-5-6-16(18)13(8-14)10-20(9-12-3-4-12)11-15-2-1-7-19-15/h5-6,8,12,15,19H,1-4,7,9-11H2. The van der Waals surface area contributed by atoms with E-state index in [-0.39, 0.29) is 0 Å². The van der Waals surface area contributed by atoms with Crippen molar-refractivity contribution < 1.29 is 0 Å². The van der Waals surface area contributed by atoms with Crippen LogP contribution in [0.1, 0.15) is 31.2 Å². The smallest absolute Gasteiger partial charge is 0.0451 e. The highest BCUT2D eigenvalue weighted by Crippen LogP contribution is 2.31. The van der Waals surface area contributed by atoms with Crippen molar-refractivity contribution in [3.8, 4) is 0 Å². The molecule has 0 radical (unpaired) electrons. The molecule has 0 amide bonds. The van der Waals surface area contributed by atoms with Gasteiger partial charge in [0.05, 0.1) is 0 Å². The van der Waals surface area contributed by atoms with Crippen LogP contribution in [0.15, 0.2) is 22.7 Å². The van der Waals surface area contributed by atoms with Crippen LogP contribution in [0.3, 0.4) is 0 Å². The predicted molar refractivity (Wildman–Crippen MR) is 88.2 cm³/mol. The molecule has 3 rings (SSSR count). The number of halogens is 2. The molecule has 1 heterocycles. The van der Waals surface area contributed by atoms with Crippen LogP contribution in [0, 0.1) is 5.92 Å². The topological polar surface area (TPSA) is 15.3 Å². The molecule has 1 aromatic rings. The summed E-state index contributed by atoms with van der Waals surface area (Å²) in [6.45, 7) is 4.52. The molecule has 20 heavy (non-hydrogen) atoms. The highest BCUT2D eigenvalue weighted by molar-refractivity contribution is 9.10. The van der Waals surface area contributed by atoms with Crippen molar-refractivity contribution in [3.63, 3.8) is 0 Å². The summed E-state index contributed by atoms with van der Waals surface area (Å²) in [5.41, 5.74) is 1.24. The summed E-state index contributed by atoms with van der Waals surface area (Å²) < 4.78 is 1.11. The third kappa shape index (κ3) is 4.20. The van der Waals surface area contributed by atoms with Crippen LogP contribution in [0.25, 0.3) is 0 Å². The number of nitrogens with one attached hydrogen (secondary N) is 1. The molecule has 0 spiro atoms. The Morgan fingerprint density at radius 1 is 1.25 bits per heavy atom. The summed E-state index contributed by atoms with van der Waals surface area (Å²) in [6.07, 6.45) is 5.44. The van der Waals surface area contributed by atoms with Gasteiger partial charge in [-0.25, -0.2) is 0 Å². The van der Waals surface area contributed by atoms with Gasteiger partial charge in [0.15, 0.2) is 0 Å². The van der Waals surface area contributed by atoms with E-state index < -0.39 is 0 Å². The Kier molecular flexibility index (Phi) is 5.03. The lowest BCUT2D eigenvalue weighted by Gasteiger charge is -2.26. The normalized spacial score (nSPS) is 22.6. The van der Waals surface area contributed by atoms with Gasteiger partial charge in [0, 0.05) is 35.2 Å². The molecule has 1 saturated carbocycles. The lowest BCUT2D eigenvalue weighted by molar-refractivity contribution is 0.232. The highest BCUT2D eigenvalue weighted by Gasteiger charge is 2.26. The molecule has 2 nitrogen and oxygen atoms in total. The molecule has 2 fully saturated rings. The Balaban J connectivity index is 1.65. The Morgan fingerprint density at radius 2 is 2.10 bits per heavy atom. The predicted octanol–water partition coefficient (Wildman–Crippen LogP) is 4.07. The molecule has 0 bridgehead atoms. The van der Waals surface area contributed by atoms with Crippen molar-refractivity contribution in [2.45, 2.75) is 38.3 Å². The Hall–Kier alpha value is -0.0900. The van der Waals surface area contributed by atoms with Gasteiger partial charge in [-0.15, -0.1) is 0 Å². The van der Waals surface area contributed by atoms with E-state index in [1.165, 1.54) is 44.3 Å². The van der Waals surface area contributed by atoms with Crippen LogP contribution in [-0.2, 0) is 6.54 Å². The first-order chi connectivity index (χ1) is 9.70. The van der Waals surface area contributed by atoms with Gasteiger partial charge < -0.3 is 5.32 Å². The minimum atomic E-state index is 0.666. The maximum absolute atomic E-state index is 6.35. The molecule has 2 aliphatic rings. The lowest BCUT2D eigenvalue weighted by atomic mass is 10.1. The quantitative estimate of drug-likeness (QED) is 0.825. The first-order valence-corrected chi connectivity index (χ1v) is 8.77. The molecule has 1 unspecified atom stereocenters. The maximum atomic E-state index is 6.35. The molecule has 110 valence electrons. The van der Waals surface area contributed by atoms with E-state index in [4.69, 9.17) is 11.6 Å². The third-order valence-electron chi connectivity index (χ3n) is 4.26. The lowest BCUT2D eigenvalue weighted by Crippen LogP contribution is -2.38. The van der Waals surface area contributed by atoms with Gasteiger partial charge in [-0.05, 0) is 61.9 Å². The molecule has 1 aliphatic heterocycles. The zero-order valence-corrected chi connectivity index (χ0v) is 14.1. The van der Waals surface area contributed by atoms with Crippen LogP contribution in [0.2, 0.25) is 5.02 Å². The summed E-state index contributed by atoms with van der Waals surface area (Å²) in [5.74, 6) is 0.919. The summed E-state index contributed by atoms with van der Waals surface area (Å²) >= 11 is 9.89. The van der Waals surface area contributed by atoms with Gasteiger partial charge in [-0.1, -0.05) is 27.5 Å². The van der Waals surface area contributed by atoms with Crippen LogP contribution in [0.4, 0.5) is 0 Å². The molecule has 1 aliphatic carbocycles. The fourth-order valence-corrected chi connectivity index (χ4v) is 3.58. The van der Waals surface area contributed by atoms with E-state index in [2.05, 4.69) is 32.2 Å². The van der Waals surface area contributed by atoms with Gasteiger partial charge in [0.2, 0.25) is 0 Å². The van der Waals surface area contributed by atoms with Gasteiger partial charge in [0.1, 0.15) is 0 Å². The van der Waals surface area contributed by atoms with E-state index in [9.17, 15) is 0 Å². The minimum Gasteiger partial charge on any atom is -0.313 e. The second-order valence-electron chi connectivity index (χ2n) is 6.17. The molecule has 1 aromatic carbocycles. The van der Waals surface area contributed by atoms with Crippen LogP contribution in [0.5, 0.6) is 0 Å². The monoisotopic (exact) mass is 356 g/mol. The minimum absolute atomic E-state index is 0.666. The third-order valence-corrected chi connectivity index (χ3v) is 5.12. The van der Waals surface area contributed by atoms with Gasteiger partial charge in [-0.2, -0.15) is 0 Å². The number of benzene rings is 1. The van der Waals surface area contributed by atoms with Crippen molar-refractivity contribution in [1.82, 2.24) is 10.2 Å². The number of hydrogen-bond acceptors (Lipinski definition) is 2. The fourth-order valence-electron chi connectivity index (χ4n) is 3.00. The van der Waals surface area contributed by atoms with Crippen LogP contribution >= 0.6 is 27.5 Å². The van der Waals surface area contributed by atoms with E-state index in [0.29, 0.717) is 6.04 Å². The van der Waals surface area contributed by atoms with Crippen molar-refractivity contribution >= 4 is 27.5 Å². The second kappa shape index (κ2) is 6.78. The van der Waals surface area contributed by atoms with Crippen molar-refractivity contribution in [3.05, 3.63) is 33.3 Å². The van der Waals surface area contributed by atoms with Crippen molar-refractivity contribution in [2.24, 2.45) is 5.92 Å². The van der Waals surface area contributed by atoms with Gasteiger partial charge in [0.25, 0.3) is 0 Å². The summed E-state index contributed by atoms with van der Waals surface area (Å²) in [5, 5.41) is 4.49. The van der Waals surface area contributed by atoms with Crippen molar-refractivity contribution in [1.29, 1.82) is 0 Å². The van der Waals surface area contributed by atoms with Crippen LogP contribution < -0.4 is 5.32 Å². The number of nitrogens with zero attached hydrogens (tertiary/aromatic N) is 1. The number of hydrogen-bond donors (Lipinski definition) is 1. The summed E-state index contributed by atoms with van der Waals surface area (Å²) in [4.78, 5) is 2.59. The van der Waals surface area contributed by atoms with Crippen LogP contribution in [-0.4, -0.2) is 30.6 Å². The molecule has 1 saturated heterocycles. The molecule has 1 atom stereocenters. The van der Waals surface area contributed by atoms with E-state index in [1.807, 2.05) is 12.1 Å². The van der Waals surface area contributed by atoms with Crippen molar-refractivity contribution in [2.75, 3.05) is 19.6 Å². The Bertz CT molecular complexity index is 456. The molecule has 1 N–H and O–H groups in total.